The number of hydrogen-bond acceptors (Lipinski definition) is 6. The van der Waals surface area contributed by atoms with Crippen LogP contribution in [0.4, 0.5) is 0 Å². The zero-order valence-corrected chi connectivity index (χ0v) is 17.2. The van der Waals surface area contributed by atoms with Crippen molar-refractivity contribution in [3.63, 3.8) is 0 Å². The Morgan fingerprint density at radius 3 is 2.27 bits per heavy atom. The minimum atomic E-state index is -2.43. The van der Waals surface area contributed by atoms with Gasteiger partial charge in [0.2, 0.25) is 0 Å². The highest BCUT2D eigenvalue weighted by Gasteiger charge is 2.37. The molecular weight excluding hydrogens is 352 g/mol. The first-order valence-electron chi connectivity index (χ1n) is 9.58. The predicted octanol–water partition coefficient (Wildman–Crippen LogP) is 3.49. The zero-order chi connectivity index (χ0) is 19.0. The lowest BCUT2D eigenvalue weighted by Gasteiger charge is -2.28. The van der Waals surface area contributed by atoms with E-state index in [1.165, 1.54) is 32.1 Å². The van der Waals surface area contributed by atoms with E-state index in [4.69, 9.17) is 13.3 Å². The van der Waals surface area contributed by atoms with Crippen LogP contribution in [0.3, 0.4) is 0 Å². The van der Waals surface area contributed by atoms with E-state index >= 15 is 0 Å². The molecule has 0 spiro atoms. The minimum absolute atomic E-state index is 0.227. The van der Waals surface area contributed by atoms with E-state index in [0.29, 0.717) is 12.3 Å². The summed E-state index contributed by atoms with van der Waals surface area (Å²) in [5.74, 6) is 0.313. The summed E-state index contributed by atoms with van der Waals surface area (Å²) in [5.41, 5.74) is 0. The Morgan fingerprint density at radius 2 is 1.73 bits per heavy atom. The lowest BCUT2D eigenvalue weighted by molar-refractivity contribution is -0.153. The van der Waals surface area contributed by atoms with Crippen LogP contribution in [-0.2, 0) is 27.6 Å². The molecule has 0 radical (unpaired) electrons. The average molecular weight is 385 g/mol. The fraction of sp³-hybridized carbons (Fsp3) is 0.789. The monoisotopic (exact) mass is 384 g/mol. The van der Waals surface area contributed by atoms with Crippen LogP contribution in [0.2, 0.25) is 6.04 Å². The van der Waals surface area contributed by atoms with Crippen molar-refractivity contribution < 1.29 is 27.6 Å². The van der Waals surface area contributed by atoms with E-state index < -0.39 is 14.8 Å². The Balaban J connectivity index is 1.63. The van der Waals surface area contributed by atoms with Crippen molar-refractivity contribution in [2.45, 2.75) is 57.4 Å². The van der Waals surface area contributed by atoms with Gasteiger partial charge in [-0.3, -0.25) is 9.59 Å². The van der Waals surface area contributed by atoms with Crippen LogP contribution < -0.4 is 0 Å². The van der Waals surface area contributed by atoms with E-state index in [1.807, 2.05) is 0 Å². The molecule has 0 aromatic heterocycles. The van der Waals surface area contributed by atoms with Gasteiger partial charge in [0, 0.05) is 27.4 Å². The van der Waals surface area contributed by atoms with Crippen LogP contribution in [0.1, 0.15) is 51.4 Å². The van der Waals surface area contributed by atoms with Crippen molar-refractivity contribution in [3.8, 4) is 0 Å². The molecule has 26 heavy (non-hydrogen) atoms. The molecule has 0 bridgehead atoms. The van der Waals surface area contributed by atoms with Gasteiger partial charge >= 0.3 is 20.7 Å². The first kappa shape index (κ1) is 21.3. The summed E-state index contributed by atoms with van der Waals surface area (Å²) in [5, 5.41) is 0. The fourth-order valence-electron chi connectivity index (χ4n) is 3.97. The molecule has 1 aliphatic carbocycles. The van der Waals surface area contributed by atoms with Crippen molar-refractivity contribution in [2.24, 2.45) is 17.8 Å². The smallest absolute Gasteiger partial charge is 0.393 e. The van der Waals surface area contributed by atoms with Gasteiger partial charge in [0.1, 0.15) is 0 Å². The summed E-state index contributed by atoms with van der Waals surface area (Å²) < 4.78 is 21.0. The number of carbonyl (C=O) groups excluding carboxylic acids is 2. The van der Waals surface area contributed by atoms with E-state index in [9.17, 15) is 9.59 Å². The number of allylic oxidation sites excluding steroid dienone is 2. The third-order valence-electron chi connectivity index (χ3n) is 5.71. The van der Waals surface area contributed by atoms with Gasteiger partial charge in [0.15, 0.2) is 0 Å². The maximum atomic E-state index is 11.4. The second-order valence-electron chi connectivity index (χ2n) is 7.33. The average Bonchev–Trinajstić information content (AvgIpc) is 2.98. The first-order chi connectivity index (χ1) is 12.5. The van der Waals surface area contributed by atoms with Gasteiger partial charge in [0.25, 0.3) is 0 Å². The Morgan fingerprint density at radius 1 is 1.08 bits per heavy atom. The van der Waals surface area contributed by atoms with Crippen LogP contribution >= 0.6 is 0 Å². The molecule has 1 atom stereocenters. The van der Waals surface area contributed by atoms with Crippen molar-refractivity contribution in [1.29, 1.82) is 0 Å². The third-order valence-corrected chi connectivity index (χ3v) is 8.54. The summed E-state index contributed by atoms with van der Waals surface area (Å²) in [4.78, 5) is 22.5. The SMILES string of the molecule is CO[Si](CCCC1CCC(C=CCC2CC(=O)OC2=O)CC1)(OC)OC. The van der Waals surface area contributed by atoms with Crippen molar-refractivity contribution in [1.82, 2.24) is 0 Å². The lowest BCUT2D eigenvalue weighted by Crippen LogP contribution is -2.42. The Labute approximate surface area is 157 Å². The molecule has 2 fully saturated rings. The second-order valence-corrected chi connectivity index (χ2v) is 10.4. The largest absolute Gasteiger partial charge is 0.500 e. The molecule has 2 rings (SSSR count). The topological polar surface area (TPSA) is 71.1 Å². The number of hydrogen-bond donors (Lipinski definition) is 0. The minimum Gasteiger partial charge on any atom is -0.393 e. The summed E-state index contributed by atoms with van der Waals surface area (Å²) in [6, 6.07) is 0.868. The molecule has 7 heteroatoms. The Hall–Kier alpha value is -1.02. The number of ether oxygens (including phenoxy) is 1. The number of esters is 2. The van der Waals surface area contributed by atoms with Crippen molar-refractivity contribution in [3.05, 3.63) is 12.2 Å². The summed E-state index contributed by atoms with van der Waals surface area (Å²) >= 11 is 0. The van der Waals surface area contributed by atoms with Crippen LogP contribution in [0.5, 0.6) is 0 Å². The Kier molecular flexibility index (Phi) is 8.47. The Bertz CT molecular complexity index is 486. The predicted molar refractivity (Wildman–Crippen MR) is 99.2 cm³/mol. The maximum absolute atomic E-state index is 11.4. The van der Waals surface area contributed by atoms with Crippen LogP contribution in [-0.4, -0.2) is 42.1 Å². The van der Waals surface area contributed by atoms with Gasteiger partial charge in [-0.05, 0) is 50.4 Å². The van der Waals surface area contributed by atoms with Crippen LogP contribution in [0, 0.1) is 17.8 Å². The number of cyclic esters (lactones) is 2. The zero-order valence-electron chi connectivity index (χ0n) is 16.2. The van der Waals surface area contributed by atoms with E-state index in [-0.39, 0.29) is 18.3 Å². The van der Waals surface area contributed by atoms with Gasteiger partial charge in [0.05, 0.1) is 12.3 Å². The molecule has 0 N–H and O–H groups in total. The first-order valence-corrected chi connectivity index (χ1v) is 11.5. The molecule has 2 aliphatic rings. The molecule has 1 aliphatic heterocycles. The number of rotatable bonds is 10. The molecule has 1 saturated heterocycles. The molecule has 0 aromatic carbocycles. The van der Waals surface area contributed by atoms with Gasteiger partial charge in [-0.25, -0.2) is 0 Å². The molecular formula is C19H32O6Si. The van der Waals surface area contributed by atoms with Crippen LogP contribution in [0.15, 0.2) is 12.2 Å². The van der Waals surface area contributed by atoms with E-state index in [0.717, 1.165) is 18.4 Å². The summed E-state index contributed by atoms with van der Waals surface area (Å²) in [6.45, 7) is 0. The van der Waals surface area contributed by atoms with Crippen molar-refractivity contribution in [2.75, 3.05) is 21.3 Å². The maximum Gasteiger partial charge on any atom is 0.500 e. The lowest BCUT2D eigenvalue weighted by atomic mass is 9.80. The summed E-state index contributed by atoms with van der Waals surface area (Å²) in [7, 11) is 2.56. The molecule has 148 valence electrons. The van der Waals surface area contributed by atoms with Crippen molar-refractivity contribution >= 4 is 20.7 Å². The standard InChI is InChI=1S/C19H32O6Si/c1-22-26(23-2,24-3)13-5-7-16-11-9-15(10-12-16)6-4-8-17-14-18(20)25-19(17)21/h4,6,15-17H,5,7-14H2,1-3H3. The van der Waals surface area contributed by atoms with Gasteiger partial charge in [-0.2, -0.15) is 0 Å². The number of carbonyl (C=O) groups is 2. The quantitative estimate of drug-likeness (QED) is 0.248. The highest BCUT2D eigenvalue weighted by Crippen LogP contribution is 2.33. The highest BCUT2D eigenvalue weighted by molar-refractivity contribution is 6.60. The second kappa shape index (κ2) is 10.3. The summed E-state index contributed by atoms with van der Waals surface area (Å²) in [6.07, 6.45) is 12.2. The fourth-order valence-corrected chi connectivity index (χ4v) is 5.72. The van der Waals surface area contributed by atoms with Gasteiger partial charge in [-0.1, -0.05) is 18.6 Å². The molecule has 1 heterocycles. The van der Waals surface area contributed by atoms with E-state index in [1.54, 1.807) is 21.3 Å². The van der Waals surface area contributed by atoms with Gasteiger partial charge in [-0.15, -0.1) is 0 Å². The molecule has 0 amide bonds. The highest BCUT2D eigenvalue weighted by atomic mass is 28.4. The van der Waals surface area contributed by atoms with Crippen LogP contribution in [0.25, 0.3) is 0 Å². The third kappa shape index (κ3) is 6.01. The molecule has 1 unspecified atom stereocenters. The molecule has 1 saturated carbocycles. The van der Waals surface area contributed by atoms with Gasteiger partial charge < -0.3 is 18.0 Å². The molecule has 0 aromatic rings. The molecule has 6 nitrogen and oxygen atoms in total. The normalized spacial score (nSPS) is 27.3. The van der Waals surface area contributed by atoms with E-state index in [2.05, 4.69) is 16.9 Å².